The van der Waals surface area contributed by atoms with Crippen molar-refractivity contribution in [2.75, 3.05) is 44.1 Å². The highest BCUT2D eigenvalue weighted by atomic mass is 16.6. The lowest BCUT2D eigenvalue weighted by atomic mass is 10.1. The van der Waals surface area contributed by atoms with Crippen LogP contribution >= 0.6 is 0 Å². The zero-order valence-corrected chi connectivity index (χ0v) is 15.6. The molecule has 4 rings (SSSR count). The van der Waals surface area contributed by atoms with Gasteiger partial charge in [0.2, 0.25) is 5.95 Å². The van der Waals surface area contributed by atoms with Crippen LogP contribution in [0.2, 0.25) is 0 Å². The fourth-order valence-electron chi connectivity index (χ4n) is 2.88. The molecule has 0 spiro atoms. The Hall–Kier alpha value is -3.32. The topological polar surface area (TPSA) is 77.5 Å². The molecule has 2 N–H and O–H groups in total. The maximum absolute atomic E-state index is 5.66. The Morgan fingerprint density at radius 3 is 2.61 bits per heavy atom. The summed E-state index contributed by atoms with van der Waals surface area (Å²) in [5.41, 5.74) is 2.71. The molecule has 1 aromatic heterocycles. The monoisotopic (exact) mass is 378 g/mol. The summed E-state index contributed by atoms with van der Waals surface area (Å²) in [6.07, 6.45) is 0. The van der Waals surface area contributed by atoms with Crippen LogP contribution in [0.25, 0.3) is 11.3 Å². The molecule has 0 saturated heterocycles. The highest BCUT2D eigenvalue weighted by Gasteiger charge is 2.13. The van der Waals surface area contributed by atoms with E-state index in [9.17, 15) is 0 Å². The number of nitrogens with one attached hydrogen (secondary N) is 2. The first kappa shape index (κ1) is 18.1. The molecule has 28 heavy (non-hydrogen) atoms. The van der Waals surface area contributed by atoms with Gasteiger partial charge in [0.15, 0.2) is 11.5 Å². The molecule has 0 fully saturated rings. The number of hydrogen-bond acceptors (Lipinski definition) is 7. The quantitative estimate of drug-likeness (QED) is 0.607. The second-order valence-electron chi connectivity index (χ2n) is 6.23. The molecule has 144 valence electrons. The molecular formula is C21H22N4O3. The van der Waals surface area contributed by atoms with E-state index >= 15 is 0 Å². The Kier molecular flexibility index (Phi) is 5.53. The van der Waals surface area contributed by atoms with Crippen LogP contribution in [0.5, 0.6) is 11.5 Å². The minimum absolute atomic E-state index is 0.540. The summed E-state index contributed by atoms with van der Waals surface area (Å²) in [5, 5.41) is 6.54. The Balaban J connectivity index is 1.62. The molecule has 0 atom stereocenters. The highest BCUT2D eigenvalue weighted by Crippen LogP contribution is 2.33. The van der Waals surface area contributed by atoms with Crippen molar-refractivity contribution in [2.45, 2.75) is 0 Å². The van der Waals surface area contributed by atoms with Crippen molar-refractivity contribution >= 4 is 17.5 Å². The first-order valence-corrected chi connectivity index (χ1v) is 9.16. The zero-order chi connectivity index (χ0) is 19.2. The fraction of sp³-hybridized carbons (Fsp3) is 0.238. The number of nitrogens with zero attached hydrogens (tertiary/aromatic N) is 2. The lowest BCUT2D eigenvalue weighted by Gasteiger charge is -2.19. The standard InChI is InChI=1S/C21H22N4O3/c1-26-10-9-22-21-24-17(15-5-3-2-4-6-15)14-20(25-21)23-16-7-8-18-19(13-16)28-12-11-27-18/h2-8,13-14H,9-12H2,1H3,(H2,22,23,24,25). The van der Waals surface area contributed by atoms with E-state index in [0.717, 1.165) is 28.4 Å². The van der Waals surface area contributed by atoms with Gasteiger partial charge in [-0.05, 0) is 12.1 Å². The van der Waals surface area contributed by atoms with Gasteiger partial charge in [-0.2, -0.15) is 4.98 Å². The average molecular weight is 378 g/mol. The molecule has 0 unspecified atom stereocenters. The molecule has 0 bridgehead atoms. The van der Waals surface area contributed by atoms with Crippen molar-refractivity contribution in [1.29, 1.82) is 0 Å². The van der Waals surface area contributed by atoms with Crippen LogP contribution in [0, 0.1) is 0 Å². The number of fused-ring (bicyclic) bond motifs is 1. The van der Waals surface area contributed by atoms with Gasteiger partial charge in [0.05, 0.1) is 12.3 Å². The van der Waals surface area contributed by atoms with Crippen molar-refractivity contribution in [1.82, 2.24) is 9.97 Å². The number of aromatic nitrogens is 2. The summed E-state index contributed by atoms with van der Waals surface area (Å²) >= 11 is 0. The molecule has 7 heteroatoms. The number of benzene rings is 2. The lowest BCUT2D eigenvalue weighted by Crippen LogP contribution is -2.15. The summed E-state index contributed by atoms with van der Waals surface area (Å²) in [7, 11) is 1.66. The third kappa shape index (κ3) is 4.32. The minimum atomic E-state index is 0.540. The predicted molar refractivity (Wildman–Crippen MR) is 109 cm³/mol. The average Bonchev–Trinajstić information content (AvgIpc) is 2.74. The van der Waals surface area contributed by atoms with Gasteiger partial charge >= 0.3 is 0 Å². The van der Waals surface area contributed by atoms with Crippen LogP contribution in [0.4, 0.5) is 17.5 Å². The number of ether oxygens (including phenoxy) is 3. The van der Waals surface area contributed by atoms with E-state index in [-0.39, 0.29) is 0 Å². The van der Waals surface area contributed by atoms with Crippen molar-refractivity contribution < 1.29 is 14.2 Å². The lowest BCUT2D eigenvalue weighted by molar-refractivity contribution is 0.171. The van der Waals surface area contributed by atoms with Crippen LogP contribution in [0.15, 0.2) is 54.6 Å². The molecule has 1 aliphatic rings. The number of anilines is 3. The summed E-state index contributed by atoms with van der Waals surface area (Å²) in [5.74, 6) is 2.71. The Morgan fingerprint density at radius 1 is 0.964 bits per heavy atom. The van der Waals surface area contributed by atoms with Gasteiger partial charge < -0.3 is 24.8 Å². The third-order valence-corrected chi connectivity index (χ3v) is 4.20. The van der Waals surface area contributed by atoms with E-state index in [1.165, 1.54) is 0 Å². The Bertz CT molecular complexity index is 934. The largest absolute Gasteiger partial charge is 0.486 e. The smallest absolute Gasteiger partial charge is 0.225 e. The van der Waals surface area contributed by atoms with E-state index in [2.05, 4.69) is 20.6 Å². The van der Waals surface area contributed by atoms with Crippen LogP contribution in [0.1, 0.15) is 0 Å². The highest BCUT2D eigenvalue weighted by molar-refractivity contribution is 5.68. The molecule has 0 radical (unpaired) electrons. The van der Waals surface area contributed by atoms with Gasteiger partial charge in [-0.1, -0.05) is 30.3 Å². The molecule has 2 aromatic carbocycles. The van der Waals surface area contributed by atoms with Crippen LogP contribution in [0.3, 0.4) is 0 Å². The second-order valence-corrected chi connectivity index (χ2v) is 6.23. The molecule has 7 nitrogen and oxygen atoms in total. The molecular weight excluding hydrogens is 356 g/mol. The maximum atomic E-state index is 5.66. The first-order valence-electron chi connectivity index (χ1n) is 9.16. The van der Waals surface area contributed by atoms with Gasteiger partial charge in [0, 0.05) is 37.0 Å². The second kappa shape index (κ2) is 8.58. The fourth-order valence-corrected chi connectivity index (χ4v) is 2.88. The van der Waals surface area contributed by atoms with Crippen molar-refractivity contribution in [3.05, 3.63) is 54.6 Å². The summed E-state index contributed by atoms with van der Waals surface area (Å²) in [6.45, 7) is 2.32. The van der Waals surface area contributed by atoms with E-state index in [4.69, 9.17) is 14.2 Å². The van der Waals surface area contributed by atoms with E-state index in [1.54, 1.807) is 7.11 Å². The van der Waals surface area contributed by atoms with Crippen molar-refractivity contribution in [3.63, 3.8) is 0 Å². The van der Waals surface area contributed by atoms with Gasteiger partial charge in [0.25, 0.3) is 0 Å². The van der Waals surface area contributed by atoms with Crippen molar-refractivity contribution in [2.24, 2.45) is 0 Å². The summed E-state index contributed by atoms with van der Waals surface area (Å²) < 4.78 is 16.3. The molecule has 3 aromatic rings. The maximum Gasteiger partial charge on any atom is 0.225 e. The zero-order valence-electron chi connectivity index (χ0n) is 15.6. The Labute approximate surface area is 163 Å². The summed E-state index contributed by atoms with van der Waals surface area (Å²) in [4.78, 5) is 9.20. The number of rotatable bonds is 7. The normalized spacial score (nSPS) is 12.5. The summed E-state index contributed by atoms with van der Waals surface area (Å²) in [6, 6.07) is 17.7. The van der Waals surface area contributed by atoms with Crippen LogP contribution in [-0.2, 0) is 4.74 Å². The van der Waals surface area contributed by atoms with E-state index < -0.39 is 0 Å². The number of methoxy groups -OCH3 is 1. The Morgan fingerprint density at radius 2 is 1.79 bits per heavy atom. The molecule has 2 heterocycles. The van der Waals surface area contributed by atoms with Crippen molar-refractivity contribution in [3.8, 4) is 22.8 Å². The third-order valence-electron chi connectivity index (χ3n) is 4.20. The van der Waals surface area contributed by atoms with Gasteiger partial charge in [-0.25, -0.2) is 4.98 Å². The van der Waals surface area contributed by atoms with E-state index in [1.807, 2.05) is 54.6 Å². The predicted octanol–water partition coefficient (Wildman–Crippen LogP) is 3.72. The van der Waals surface area contributed by atoms with Crippen LogP contribution in [-0.4, -0.2) is 43.4 Å². The molecule has 0 aliphatic carbocycles. The van der Waals surface area contributed by atoms with E-state index in [0.29, 0.717) is 38.1 Å². The van der Waals surface area contributed by atoms with Crippen LogP contribution < -0.4 is 20.1 Å². The molecule has 0 saturated carbocycles. The molecule has 0 amide bonds. The number of hydrogen-bond donors (Lipinski definition) is 2. The van der Waals surface area contributed by atoms with Gasteiger partial charge in [0.1, 0.15) is 19.0 Å². The van der Waals surface area contributed by atoms with Gasteiger partial charge in [-0.3, -0.25) is 0 Å². The minimum Gasteiger partial charge on any atom is -0.486 e. The van der Waals surface area contributed by atoms with Gasteiger partial charge in [-0.15, -0.1) is 0 Å². The SMILES string of the molecule is COCCNc1nc(Nc2ccc3c(c2)OCCO3)cc(-c2ccccc2)n1. The molecule has 1 aliphatic heterocycles. The first-order chi connectivity index (χ1) is 13.8.